The van der Waals surface area contributed by atoms with Crippen molar-refractivity contribution >= 4 is 15.5 Å². The van der Waals surface area contributed by atoms with Gasteiger partial charge in [-0.05, 0) is 35.9 Å². The monoisotopic (exact) mass is 439 g/mol. The molecule has 0 saturated heterocycles. The van der Waals surface area contributed by atoms with Gasteiger partial charge in [0.1, 0.15) is 0 Å². The maximum Gasteiger partial charge on any atom is 0.416 e. The predicted molar refractivity (Wildman–Crippen MR) is 112 cm³/mol. The first-order chi connectivity index (χ1) is 14.0. The number of rotatable bonds is 5. The second kappa shape index (κ2) is 9.34. The van der Waals surface area contributed by atoms with Gasteiger partial charge in [0.05, 0.1) is 22.5 Å². The van der Waals surface area contributed by atoms with E-state index in [0.29, 0.717) is 22.5 Å². The number of alkyl halides is 3. The van der Waals surface area contributed by atoms with Crippen molar-refractivity contribution in [3.63, 3.8) is 0 Å². The first-order valence-electron chi connectivity index (χ1n) is 9.26. The summed E-state index contributed by atoms with van der Waals surface area (Å²) in [6.07, 6.45) is 0.103. The smallest absolute Gasteiger partial charge is 0.380 e. The predicted octanol–water partition coefficient (Wildman–Crippen LogP) is 5.15. The van der Waals surface area contributed by atoms with Crippen molar-refractivity contribution in [3.8, 4) is 11.3 Å². The number of hydrogen-bond acceptors (Lipinski definition) is 4. The molecular formula is C21H24F3N3O2S. The fourth-order valence-electron chi connectivity index (χ4n) is 2.68. The van der Waals surface area contributed by atoms with Crippen molar-refractivity contribution in [1.82, 2.24) is 9.55 Å². The Kier molecular flexibility index (Phi) is 7.30. The van der Waals surface area contributed by atoms with E-state index in [2.05, 4.69) is 10.3 Å². The first kappa shape index (κ1) is 23.5. The topological polar surface area (TPSA) is 64.0 Å². The third kappa shape index (κ3) is 5.85. The molecule has 0 amide bonds. The summed E-state index contributed by atoms with van der Waals surface area (Å²) in [5.74, 6) is 0. The van der Waals surface area contributed by atoms with E-state index in [1.165, 1.54) is 24.3 Å². The van der Waals surface area contributed by atoms with E-state index in [1.807, 2.05) is 13.8 Å². The fraction of sp³-hybridized carbons (Fsp3) is 0.286. The van der Waals surface area contributed by atoms with E-state index in [1.54, 1.807) is 30.2 Å². The van der Waals surface area contributed by atoms with E-state index in [4.69, 9.17) is 0 Å². The zero-order valence-corrected chi connectivity index (χ0v) is 18.0. The van der Waals surface area contributed by atoms with Gasteiger partial charge < -0.3 is 9.88 Å². The summed E-state index contributed by atoms with van der Waals surface area (Å²) in [7, 11) is -1.60. The molecule has 0 aliphatic heterocycles. The molecule has 0 fully saturated rings. The summed E-state index contributed by atoms with van der Waals surface area (Å²) in [6, 6.07) is 9.52. The van der Waals surface area contributed by atoms with Gasteiger partial charge in [-0.2, -0.15) is 13.2 Å². The zero-order chi connectivity index (χ0) is 22.5. The number of sulfone groups is 1. The summed E-state index contributed by atoms with van der Waals surface area (Å²) in [4.78, 5) is 4.43. The highest BCUT2D eigenvalue weighted by Crippen LogP contribution is 2.31. The van der Waals surface area contributed by atoms with Gasteiger partial charge in [0.15, 0.2) is 9.84 Å². The third-order valence-corrected chi connectivity index (χ3v) is 5.27. The number of imidazole rings is 1. The lowest BCUT2D eigenvalue weighted by molar-refractivity contribution is -0.137. The van der Waals surface area contributed by atoms with E-state index >= 15 is 0 Å². The van der Waals surface area contributed by atoms with Crippen LogP contribution < -0.4 is 5.32 Å². The minimum Gasteiger partial charge on any atom is -0.380 e. The van der Waals surface area contributed by atoms with Crippen molar-refractivity contribution in [2.75, 3.05) is 11.6 Å². The Balaban J connectivity index is 0.00000155. The molecule has 9 heteroatoms. The summed E-state index contributed by atoms with van der Waals surface area (Å²) < 4.78 is 63.5. The third-order valence-electron chi connectivity index (χ3n) is 4.16. The SMILES string of the molecule is CC.Cn1cnc(-c2cc(S(C)(=O)=O)ccc2NCc2ccc(C(F)(F)F)cc2)c1. The van der Waals surface area contributed by atoms with Gasteiger partial charge in [-0.3, -0.25) is 0 Å². The fourth-order valence-corrected chi connectivity index (χ4v) is 3.33. The molecule has 3 aromatic rings. The van der Waals surface area contributed by atoms with Crippen molar-refractivity contribution in [1.29, 1.82) is 0 Å². The van der Waals surface area contributed by atoms with E-state index in [0.717, 1.165) is 18.4 Å². The van der Waals surface area contributed by atoms with Gasteiger partial charge in [0.2, 0.25) is 0 Å². The van der Waals surface area contributed by atoms with Gasteiger partial charge >= 0.3 is 6.18 Å². The molecular weight excluding hydrogens is 415 g/mol. The average molecular weight is 440 g/mol. The highest BCUT2D eigenvalue weighted by molar-refractivity contribution is 7.90. The number of halogens is 3. The van der Waals surface area contributed by atoms with Crippen LogP contribution in [0.15, 0.2) is 59.9 Å². The summed E-state index contributed by atoms with van der Waals surface area (Å²) in [5.41, 5.74) is 1.76. The quantitative estimate of drug-likeness (QED) is 0.597. The largest absolute Gasteiger partial charge is 0.416 e. The molecule has 0 aliphatic carbocycles. The van der Waals surface area contributed by atoms with E-state index in [-0.39, 0.29) is 11.4 Å². The Bertz CT molecular complexity index is 1090. The molecule has 0 atom stereocenters. The molecule has 0 aliphatic rings. The highest BCUT2D eigenvalue weighted by Gasteiger charge is 2.29. The number of anilines is 1. The van der Waals surface area contributed by atoms with E-state index < -0.39 is 21.6 Å². The number of hydrogen-bond donors (Lipinski definition) is 1. The van der Waals surface area contributed by atoms with Crippen molar-refractivity contribution in [2.45, 2.75) is 31.5 Å². The molecule has 1 aromatic heterocycles. The average Bonchev–Trinajstić information content (AvgIpc) is 3.13. The molecule has 3 rings (SSSR count). The van der Waals surface area contributed by atoms with Crippen LogP contribution in [-0.4, -0.2) is 24.2 Å². The van der Waals surface area contributed by atoms with Crippen LogP contribution in [0.25, 0.3) is 11.3 Å². The molecule has 162 valence electrons. The number of nitrogens with zero attached hydrogens (tertiary/aromatic N) is 2. The summed E-state index contributed by atoms with van der Waals surface area (Å²) in [5, 5.41) is 3.15. The molecule has 1 N–H and O–H groups in total. The van der Waals surface area contributed by atoms with Gasteiger partial charge in [-0.15, -0.1) is 0 Å². The van der Waals surface area contributed by atoms with E-state index in [9.17, 15) is 21.6 Å². The van der Waals surface area contributed by atoms with Crippen LogP contribution >= 0.6 is 0 Å². The lowest BCUT2D eigenvalue weighted by Gasteiger charge is -2.13. The number of benzene rings is 2. The Hall–Kier alpha value is -2.81. The Morgan fingerprint density at radius 1 is 1.07 bits per heavy atom. The normalized spacial score (nSPS) is 11.6. The summed E-state index contributed by atoms with van der Waals surface area (Å²) >= 11 is 0. The van der Waals surface area contributed by atoms with Crippen molar-refractivity contribution < 1.29 is 21.6 Å². The minimum absolute atomic E-state index is 0.160. The number of aryl methyl sites for hydroxylation is 1. The molecule has 0 bridgehead atoms. The molecule has 2 aromatic carbocycles. The van der Waals surface area contributed by atoms with Crippen LogP contribution in [0, 0.1) is 0 Å². The van der Waals surface area contributed by atoms with Crippen LogP contribution in [0.5, 0.6) is 0 Å². The van der Waals surface area contributed by atoms with Gasteiger partial charge in [-0.1, -0.05) is 26.0 Å². The molecule has 0 spiro atoms. The molecule has 5 nitrogen and oxygen atoms in total. The number of aromatic nitrogens is 2. The highest BCUT2D eigenvalue weighted by atomic mass is 32.2. The molecule has 0 saturated carbocycles. The van der Waals surface area contributed by atoms with Crippen LogP contribution in [0.1, 0.15) is 25.0 Å². The van der Waals surface area contributed by atoms with Gasteiger partial charge in [0, 0.05) is 37.3 Å². The molecule has 1 heterocycles. The Labute approximate surface area is 174 Å². The lowest BCUT2D eigenvalue weighted by atomic mass is 10.1. The minimum atomic E-state index is -4.38. The van der Waals surface area contributed by atoms with Crippen LogP contribution in [0.3, 0.4) is 0 Å². The van der Waals surface area contributed by atoms with Crippen molar-refractivity contribution in [2.24, 2.45) is 7.05 Å². The van der Waals surface area contributed by atoms with Crippen LogP contribution in [0.2, 0.25) is 0 Å². The van der Waals surface area contributed by atoms with Crippen molar-refractivity contribution in [3.05, 3.63) is 66.1 Å². The van der Waals surface area contributed by atoms with Gasteiger partial charge in [-0.25, -0.2) is 13.4 Å². The summed E-state index contributed by atoms with van der Waals surface area (Å²) in [6.45, 7) is 4.27. The molecule has 30 heavy (non-hydrogen) atoms. The maximum atomic E-state index is 12.7. The Morgan fingerprint density at radius 3 is 2.20 bits per heavy atom. The molecule has 0 unspecified atom stereocenters. The van der Waals surface area contributed by atoms with Gasteiger partial charge in [0.25, 0.3) is 0 Å². The second-order valence-electron chi connectivity index (χ2n) is 6.45. The lowest BCUT2D eigenvalue weighted by Crippen LogP contribution is -2.06. The standard InChI is InChI=1S/C19H18F3N3O2S.C2H6/c1-25-11-18(24-12-25)16-9-15(28(2,26)27)7-8-17(16)23-10-13-3-5-14(6-4-13)19(20,21)22;1-2/h3-9,11-12,23H,10H2,1-2H3;1-2H3. The second-order valence-corrected chi connectivity index (χ2v) is 8.47. The van der Waals surface area contributed by atoms with Crippen LogP contribution in [-0.2, 0) is 29.6 Å². The molecule has 0 radical (unpaired) electrons. The number of nitrogens with one attached hydrogen (secondary N) is 1. The van der Waals surface area contributed by atoms with Crippen LogP contribution in [0.4, 0.5) is 18.9 Å². The maximum absolute atomic E-state index is 12.7. The zero-order valence-electron chi connectivity index (χ0n) is 17.2. The Morgan fingerprint density at radius 2 is 1.70 bits per heavy atom. The first-order valence-corrected chi connectivity index (χ1v) is 11.2.